The van der Waals surface area contributed by atoms with Crippen LogP contribution in [-0.2, 0) is 0 Å². The summed E-state index contributed by atoms with van der Waals surface area (Å²) in [5.74, 6) is 0.906. The molecular formula is C14H32ClP. The molecule has 0 spiro atoms. The summed E-state index contributed by atoms with van der Waals surface area (Å²) in [6.45, 7) is 6.96. The average molecular weight is 267 g/mol. The topological polar surface area (TPSA) is 0 Å². The molecule has 0 aliphatic carbocycles. The number of hydrogen-bond donors (Lipinski definition) is 0. The summed E-state index contributed by atoms with van der Waals surface area (Å²) in [7, 11) is -0.990. The Kier molecular flexibility index (Phi) is 11.3. The van der Waals surface area contributed by atoms with E-state index in [2.05, 4.69) is 20.8 Å². The van der Waals surface area contributed by atoms with Gasteiger partial charge >= 0.3 is 109 Å². The van der Waals surface area contributed by atoms with Gasteiger partial charge in [0, 0.05) is 0 Å². The Hall–Kier alpha value is 0.720. The zero-order chi connectivity index (χ0) is 12.3. The van der Waals surface area contributed by atoms with E-state index in [1.807, 2.05) is 0 Å². The van der Waals surface area contributed by atoms with Gasteiger partial charge in [0.2, 0.25) is 0 Å². The van der Waals surface area contributed by atoms with Crippen LogP contribution in [0, 0.1) is 0 Å². The van der Waals surface area contributed by atoms with E-state index in [1.165, 1.54) is 63.2 Å². The molecule has 0 aliphatic heterocycles. The van der Waals surface area contributed by atoms with Crippen LogP contribution in [0.5, 0.6) is 0 Å². The molecule has 0 rings (SSSR count). The Morgan fingerprint density at radius 1 is 0.688 bits per heavy atom. The molecule has 0 aliphatic rings. The van der Waals surface area contributed by atoms with Crippen molar-refractivity contribution in [1.82, 2.24) is 0 Å². The summed E-state index contributed by atoms with van der Waals surface area (Å²) in [5.41, 5.74) is 0. The summed E-state index contributed by atoms with van der Waals surface area (Å²) in [5, 5.41) is 0. The fourth-order valence-electron chi connectivity index (χ4n) is 2.61. The van der Waals surface area contributed by atoms with E-state index >= 15 is 0 Å². The first-order chi connectivity index (χ1) is 7.74. The molecule has 0 saturated carbocycles. The normalized spacial score (nSPS) is 13.0. The van der Waals surface area contributed by atoms with E-state index in [1.54, 1.807) is 0 Å². The molecule has 0 heterocycles. The third-order valence-electron chi connectivity index (χ3n) is 3.81. The Bertz CT molecular complexity index is 126. The molecular weight excluding hydrogens is 235 g/mol. The van der Waals surface area contributed by atoms with Gasteiger partial charge in [-0.2, -0.15) is 0 Å². The van der Waals surface area contributed by atoms with Crippen molar-refractivity contribution in [3.05, 3.63) is 0 Å². The number of rotatable bonds is 11. The Morgan fingerprint density at radius 2 is 1.06 bits per heavy atom. The SMILES string of the molecule is CCCC[PH](CCCl)(CCCC)CCCC. The summed E-state index contributed by atoms with van der Waals surface area (Å²) < 4.78 is 0. The Balaban J connectivity index is 4.32. The van der Waals surface area contributed by atoms with Crippen LogP contribution in [0.4, 0.5) is 0 Å². The molecule has 0 bridgehead atoms. The zero-order valence-corrected chi connectivity index (χ0v) is 13.4. The van der Waals surface area contributed by atoms with Gasteiger partial charge in [-0.3, -0.25) is 0 Å². The van der Waals surface area contributed by atoms with E-state index < -0.39 is 7.26 Å². The average Bonchev–Trinajstić information content (AvgIpc) is 2.31. The van der Waals surface area contributed by atoms with Gasteiger partial charge in [-0.05, 0) is 0 Å². The Morgan fingerprint density at radius 3 is 1.31 bits per heavy atom. The third-order valence-corrected chi connectivity index (χ3v) is 9.87. The van der Waals surface area contributed by atoms with Crippen molar-refractivity contribution < 1.29 is 0 Å². The summed E-state index contributed by atoms with van der Waals surface area (Å²) in [6.07, 6.45) is 14.4. The first-order valence-corrected chi connectivity index (χ1v) is 10.7. The standard InChI is InChI=1S/C14H32ClP/c1-4-7-11-16(14-10-15,12-8-5-2)13-9-6-3/h16H,4-14H2,1-3H3. The van der Waals surface area contributed by atoms with Gasteiger partial charge in [-0.25, -0.2) is 0 Å². The Labute approximate surface area is 109 Å². The first-order valence-electron chi connectivity index (χ1n) is 7.30. The predicted molar refractivity (Wildman–Crippen MR) is 83.2 cm³/mol. The van der Waals surface area contributed by atoms with Crippen molar-refractivity contribution >= 4 is 18.9 Å². The molecule has 0 aromatic rings. The molecule has 0 saturated heterocycles. The molecule has 0 radical (unpaired) electrons. The molecule has 0 amide bonds. The van der Waals surface area contributed by atoms with Crippen molar-refractivity contribution in [3.63, 3.8) is 0 Å². The molecule has 100 valence electrons. The number of halogens is 1. The van der Waals surface area contributed by atoms with Crippen molar-refractivity contribution in [2.24, 2.45) is 0 Å². The van der Waals surface area contributed by atoms with E-state index in [-0.39, 0.29) is 0 Å². The van der Waals surface area contributed by atoms with Crippen molar-refractivity contribution in [3.8, 4) is 0 Å². The molecule has 0 aromatic carbocycles. The van der Waals surface area contributed by atoms with E-state index in [9.17, 15) is 0 Å². The summed E-state index contributed by atoms with van der Waals surface area (Å²) in [4.78, 5) is 0. The summed E-state index contributed by atoms with van der Waals surface area (Å²) in [6, 6.07) is 0. The van der Waals surface area contributed by atoms with Gasteiger partial charge in [0.05, 0.1) is 0 Å². The van der Waals surface area contributed by atoms with Crippen molar-refractivity contribution in [2.45, 2.75) is 59.3 Å². The molecule has 16 heavy (non-hydrogen) atoms. The molecule has 0 nitrogen and oxygen atoms in total. The van der Waals surface area contributed by atoms with Crippen LogP contribution >= 0.6 is 18.9 Å². The molecule has 2 heteroatoms. The molecule has 0 aromatic heterocycles. The maximum atomic E-state index is 6.06. The van der Waals surface area contributed by atoms with Crippen LogP contribution < -0.4 is 0 Å². The predicted octanol–water partition coefficient (Wildman–Crippen LogP) is 5.38. The van der Waals surface area contributed by atoms with Crippen LogP contribution in [0.15, 0.2) is 0 Å². The van der Waals surface area contributed by atoms with E-state index in [4.69, 9.17) is 11.6 Å². The van der Waals surface area contributed by atoms with E-state index in [0.29, 0.717) is 0 Å². The van der Waals surface area contributed by atoms with Gasteiger partial charge in [-0.1, -0.05) is 0 Å². The minimum absolute atomic E-state index is 0.906. The van der Waals surface area contributed by atoms with Gasteiger partial charge in [0.25, 0.3) is 0 Å². The number of hydrogen-bond acceptors (Lipinski definition) is 0. The molecule has 0 N–H and O–H groups in total. The maximum absolute atomic E-state index is 6.06. The van der Waals surface area contributed by atoms with Crippen LogP contribution in [0.1, 0.15) is 59.3 Å². The van der Waals surface area contributed by atoms with Gasteiger partial charge in [0.15, 0.2) is 0 Å². The monoisotopic (exact) mass is 266 g/mol. The number of unbranched alkanes of at least 4 members (excludes halogenated alkanes) is 3. The fourth-order valence-corrected chi connectivity index (χ4v) is 9.02. The van der Waals surface area contributed by atoms with Crippen LogP contribution in [-0.4, -0.2) is 30.5 Å². The minimum atomic E-state index is -0.990. The second-order valence-electron chi connectivity index (χ2n) is 5.25. The molecule has 0 atom stereocenters. The van der Waals surface area contributed by atoms with Crippen molar-refractivity contribution in [1.29, 1.82) is 0 Å². The molecule has 0 fully saturated rings. The van der Waals surface area contributed by atoms with Crippen LogP contribution in [0.25, 0.3) is 0 Å². The van der Waals surface area contributed by atoms with E-state index in [0.717, 1.165) is 5.88 Å². The van der Waals surface area contributed by atoms with Gasteiger partial charge in [-0.15, -0.1) is 0 Å². The van der Waals surface area contributed by atoms with Gasteiger partial charge < -0.3 is 0 Å². The van der Waals surface area contributed by atoms with Crippen LogP contribution in [0.2, 0.25) is 0 Å². The molecule has 0 unspecified atom stereocenters. The summed E-state index contributed by atoms with van der Waals surface area (Å²) >= 11 is 6.06. The van der Waals surface area contributed by atoms with Gasteiger partial charge in [0.1, 0.15) is 0 Å². The fraction of sp³-hybridized carbons (Fsp3) is 1.00. The van der Waals surface area contributed by atoms with Crippen molar-refractivity contribution in [2.75, 3.05) is 30.5 Å². The number of alkyl halides is 1. The zero-order valence-electron chi connectivity index (χ0n) is 11.7. The van der Waals surface area contributed by atoms with Crippen LogP contribution in [0.3, 0.4) is 0 Å². The quantitative estimate of drug-likeness (QED) is 0.348. The third kappa shape index (κ3) is 7.13. The first kappa shape index (κ1) is 16.7. The second-order valence-corrected chi connectivity index (χ2v) is 10.6. The second kappa shape index (κ2) is 10.8.